The van der Waals surface area contributed by atoms with Crippen molar-refractivity contribution >= 4 is 40.7 Å². The Hall–Kier alpha value is -2.31. The molecule has 0 bridgehead atoms. The quantitative estimate of drug-likeness (QED) is 0.754. The van der Waals surface area contributed by atoms with Gasteiger partial charge in [0.1, 0.15) is 0 Å². The van der Waals surface area contributed by atoms with Crippen LogP contribution in [0.3, 0.4) is 0 Å². The number of halogens is 2. The number of ether oxygens (including phenoxy) is 1. The summed E-state index contributed by atoms with van der Waals surface area (Å²) in [7, 11) is 0. The molecule has 4 rings (SSSR count). The zero-order valence-corrected chi connectivity index (χ0v) is 17.2. The normalized spacial score (nSPS) is 19.7. The summed E-state index contributed by atoms with van der Waals surface area (Å²) < 4.78 is 5.32. The van der Waals surface area contributed by atoms with Crippen molar-refractivity contribution < 1.29 is 19.1 Å². The van der Waals surface area contributed by atoms with Gasteiger partial charge in [-0.25, -0.2) is 0 Å². The fraction of sp³-hybridized carbons (Fsp3) is 0.381. The van der Waals surface area contributed by atoms with Gasteiger partial charge in [-0.1, -0.05) is 23.2 Å². The largest absolute Gasteiger partial charge is 0.481 e. The van der Waals surface area contributed by atoms with Gasteiger partial charge < -0.3 is 15.8 Å². The first-order valence-corrected chi connectivity index (χ1v) is 10.3. The lowest BCUT2D eigenvalue weighted by Gasteiger charge is -2.37. The van der Waals surface area contributed by atoms with Crippen molar-refractivity contribution in [1.82, 2.24) is 5.32 Å². The number of ketones is 2. The van der Waals surface area contributed by atoms with E-state index in [2.05, 4.69) is 5.32 Å². The fourth-order valence-corrected chi connectivity index (χ4v) is 4.96. The second kappa shape index (κ2) is 7.84. The third-order valence-electron chi connectivity index (χ3n) is 5.50. The van der Waals surface area contributed by atoms with Crippen LogP contribution in [0.4, 0.5) is 0 Å². The molecular formula is C21H20Cl2N2O4. The molecule has 8 heteroatoms. The van der Waals surface area contributed by atoms with Crippen LogP contribution in [0, 0.1) is 0 Å². The number of hydrogen-bond donors (Lipinski definition) is 2. The summed E-state index contributed by atoms with van der Waals surface area (Å²) in [4.78, 5) is 36.7. The van der Waals surface area contributed by atoms with Gasteiger partial charge in [-0.15, -0.1) is 0 Å². The maximum atomic E-state index is 12.8. The molecule has 1 heterocycles. The van der Waals surface area contributed by atoms with E-state index >= 15 is 0 Å². The predicted octanol–water partition coefficient (Wildman–Crippen LogP) is 3.56. The fourth-order valence-electron chi connectivity index (χ4n) is 4.34. The van der Waals surface area contributed by atoms with E-state index in [4.69, 9.17) is 33.7 Å². The van der Waals surface area contributed by atoms with Crippen LogP contribution < -0.4 is 15.8 Å². The molecule has 0 atom stereocenters. The van der Waals surface area contributed by atoms with Crippen LogP contribution in [-0.4, -0.2) is 24.1 Å². The minimum Gasteiger partial charge on any atom is -0.481 e. The SMILES string of the molecule is NC(=O)COc1c(Cl)cc(C2C3=C(CCCC3=O)NC3=C2C(=O)CCC3)cc1Cl. The first kappa shape index (κ1) is 20.0. The maximum Gasteiger partial charge on any atom is 0.255 e. The molecule has 152 valence electrons. The van der Waals surface area contributed by atoms with Crippen LogP contribution in [0.2, 0.25) is 10.0 Å². The van der Waals surface area contributed by atoms with Gasteiger partial charge in [-0.2, -0.15) is 0 Å². The highest BCUT2D eigenvalue weighted by atomic mass is 35.5. The molecule has 29 heavy (non-hydrogen) atoms. The van der Waals surface area contributed by atoms with Crippen molar-refractivity contribution in [1.29, 1.82) is 0 Å². The molecule has 0 spiro atoms. The van der Waals surface area contributed by atoms with E-state index in [1.54, 1.807) is 12.1 Å². The lowest BCUT2D eigenvalue weighted by molar-refractivity contribution is -0.120. The first-order chi connectivity index (χ1) is 13.9. The van der Waals surface area contributed by atoms with Crippen molar-refractivity contribution in [3.05, 3.63) is 50.3 Å². The van der Waals surface area contributed by atoms with Gasteiger partial charge in [0.05, 0.1) is 10.0 Å². The Morgan fingerprint density at radius 1 is 1.00 bits per heavy atom. The molecule has 0 saturated carbocycles. The van der Waals surface area contributed by atoms with Crippen LogP contribution in [-0.2, 0) is 14.4 Å². The molecule has 3 N–H and O–H groups in total. The highest BCUT2D eigenvalue weighted by molar-refractivity contribution is 6.37. The van der Waals surface area contributed by atoms with E-state index in [1.165, 1.54) is 0 Å². The van der Waals surface area contributed by atoms with Crippen molar-refractivity contribution in [2.45, 2.75) is 44.4 Å². The Bertz CT molecular complexity index is 931. The van der Waals surface area contributed by atoms with Crippen LogP contribution >= 0.6 is 23.2 Å². The summed E-state index contributed by atoms with van der Waals surface area (Å²) in [6, 6.07) is 3.30. The van der Waals surface area contributed by atoms with Gasteiger partial charge in [0.2, 0.25) is 0 Å². The van der Waals surface area contributed by atoms with E-state index < -0.39 is 11.8 Å². The summed E-state index contributed by atoms with van der Waals surface area (Å²) in [5.41, 5.74) is 8.82. The number of allylic oxidation sites excluding steroid dienone is 4. The average Bonchev–Trinajstić information content (AvgIpc) is 2.66. The van der Waals surface area contributed by atoms with Crippen LogP contribution in [0.15, 0.2) is 34.7 Å². The Morgan fingerprint density at radius 3 is 2.00 bits per heavy atom. The monoisotopic (exact) mass is 434 g/mol. The van der Waals surface area contributed by atoms with E-state index in [9.17, 15) is 14.4 Å². The molecule has 0 fully saturated rings. The number of Topliss-reactive ketones (excluding diaryl/α,β-unsaturated/α-hetero) is 2. The van der Waals surface area contributed by atoms with E-state index in [-0.39, 0.29) is 34.0 Å². The van der Waals surface area contributed by atoms with Gasteiger partial charge in [0.25, 0.3) is 5.91 Å². The summed E-state index contributed by atoms with van der Waals surface area (Å²) in [5, 5.41) is 3.76. The molecular weight excluding hydrogens is 415 g/mol. The minimum atomic E-state index is -0.648. The lowest BCUT2D eigenvalue weighted by Crippen LogP contribution is -2.36. The lowest BCUT2D eigenvalue weighted by atomic mass is 9.71. The zero-order valence-electron chi connectivity index (χ0n) is 15.6. The van der Waals surface area contributed by atoms with Gasteiger partial charge in [0, 0.05) is 41.3 Å². The number of carbonyl (C=O) groups excluding carboxylic acids is 3. The van der Waals surface area contributed by atoms with Crippen LogP contribution in [0.1, 0.15) is 50.0 Å². The van der Waals surface area contributed by atoms with E-state index in [1.807, 2.05) is 0 Å². The molecule has 1 aromatic rings. The molecule has 3 aliphatic rings. The second-order valence-corrected chi connectivity index (χ2v) is 8.28. The van der Waals surface area contributed by atoms with Gasteiger partial charge in [0.15, 0.2) is 23.9 Å². The molecule has 1 amide bonds. The number of amides is 1. The summed E-state index contributed by atoms with van der Waals surface area (Å²) >= 11 is 12.8. The van der Waals surface area contributed by atoms with Crippen molar-refractivity contribution in [3.63, 3.8) is 0 Å². The molecule has 0 radical (unpaired) electrons. The van der Waals surface area contributed by atoms with Gasteiger partial charge >= 0.3 is 0 Å². The van der Waals surface area contributed by atoms with Crippen molar-refractivity contribution in [3.8, 4) is 5.75 Å². The van der Waals surface area contributed by atoms with Crippen molar-refractivity contribution in [2.75, 3.05) is 6.61 Å². The number of nitrogens with one attached hydrogen (secondary N) is 1. The standard InChI is InChI=1S/C21H20Cl2N2O4/c22-11-7-10(8-12(23)21(11)29-9-17(24)28)18-19-13(3-1-5-15(19)26)25-14-4-2-6-16(27)20(14)18/h7-8,18,25H,1-6,9H2,(H2,24,28). The number of benzene rings is 1. The number of carbonyl (C=O) groups is 3. The number of nitrogens with two attached hydrogens (primary N) is 1. The Kier molecular flexibility index (Phi) is 5.40. The van der Waals surface area contributed by atoms with Crippen LogP contribution in [0.25, 0.3) is 0 Å². The molecule has 0 unspecified atom stereocenters. The smallest absolute Gasteiger partial charge is 0.255 e. The Labute approximate surface area is 178 Å². The first-order valence-electron chi connectivity index (χ1n) is 9.56. The minimum absolute atomic E-state index is 0.0370. The number of rotatable bonds is 4. The van der Waals surface area contributed by atoms with E-state index in [0.717, 1.165) is 37.1 Å². The Balaban J connectivity index is 1.83. The van der Waals surface area contributed by atoms with Gasteiger partial charge in [-0.3, -0.25) is 14.4 Å². The molecule has 6 nitrogen and oxygen atoms in total. The average molecular weight is 435 g/mol. The predicted molar refractivity (Wildman–Crippen MR) is 109 cm³/mol. The summed E-state index contributed by atoms with van der Waals surface area (Å²) in [5.74, 6) is -0.921. The molecule has 2 aliphatic carbocycles. The number of hydrogen-bond acceptors (Lipinski definition) is 5. The Morgan fingerprint density at radius 2 is 1.52 bits per heavy atom. The summed E-state index contributed by atoms with van der Waals surface area (Å²) in [6.45, 7) is -0.353. The van der Waals surface area contributed by atoms with Gasteiger partial charge in [-0.05, 0) is 43.4 Å². The number of primary amides is 1. The topological polar surface area (TPSA) is 98.5 Å². The van der Waals surface area contributed by atoms with Crippen molar-refractivity contribution in [2.24, 2.45) is 5.73 Å². The third-order valence-corrected chi connectivity index (χ3v) is 6.07. The molecule has 1 aromatic carbocycles. The maximum absolute atomic E-state index is 12.8. The highest BCUT2D eigenvalue weighted by Gasteiger charge is 2.40. The molecule has 0 aromatic heterocycles. The summed E-state index contributed by atoms with van der Waals surface area (Å²) in [6.07, 6.45) is 4.02. The third kappa shape index (κ3) is 3.67. The highest BCUT2D eigenvalue weighted by Crippen LogP contribution is 2.47. The number of dihydropyridines is 1. The second-order valence-electron chi connectivity index (χ2n) is 7.46. The molecule has 1 aliphatic heterocycles. The van der Waals surface area contributed by atoms with Crippen LogP contribution in [0.5, 0.6) is 5.75 Å². The van der Waals surface area contributed by atoms with E-state index in [0.29, 0.717) is 29.6 Å². The molecule has 0 saturated heterocycles. The zero-order chi connectivity index (χ0) is 20.7.